The van der Waals surface area contributed by atoms with Crippen molar-refractivity contribution in [1.82, 2.24) is 0 Å². The van der Waals surface area contributed by atoms with Crippen LogP contribution in [0.2, 0.25) is 0 Å². The van der Waals surface area contributed by atoms with Crippen LogP contribution in [0.5, 0.6) is 5.75 Å². The number of hydrogen-bond acceptors (Lipinski definition) is 7. The highest BCUT2D eigenvalue weighted by Crippen LogP contribution is 2.30. The molecule has 0 saturated carbocycles. The first-order valence-electron chi connectivity index (χ1n) is 10.7. The standard InChI is InChI=1S/C26H18BrClN2O6/c1-2-35-25(33)15-5-11-19(12-6-15)30-23(31)21(28)22(24(30)32)29-18-9-3-16(4-10-18)26(34)36-20-13-7-17(27)8-14-20/h3-14,29H,2H2,1H3. The normalized spacial score (nSPS) is 13.1. The highest BCUT2D eigenvalue weighted by atomic mass is 79.9. The van der Waals surface area contributed by atoms with Crippen molar-refractivity contribution in [2.24, 2.45) is 0 Å². The minimum Gasteiger partial charge on any atom is -0.462 e. The Kier molecular flexibility index (Phi) is 7.52. The molecule has 1 heterocycles. The Bertz CT molecular complexity index is 1370. The van der Waals surface area contributed by atoms with Gasteiger partial charge >= 0.3 is 11.9 Å². The second kappa shape index (κ2) is 10.8. The fourth-order valence-corrected chi connectivity index (χ4v) is 3.79. The van der Waals surface area contributed by atoms with Crippen molar-refractivity contribution in [3.05, 3.63) is 99.1 Å². The number of esters is 2. The van der Waals surface area contributed by atoms with Crippen LogP contribution in [0.1, 0.15) is 27.6 Å². The molecule has 10 heteroatoms. The number of nitrogens with zero attached hydrogens (tertiary/aromatic N) is 1. The van der Waals surface area contributed by atoms with Crippen molar-refractivity contribution in [2.45, 2.75) is 6.92 Å². The monoisotopic (exact) mass is 568 g/mol. The third kappa shape index (κ3) is 5.32. The minimum atomic E-state index is -0.706. The quantitative estimate of drug-likeness (QED) is 0.235. The number of amides is 2. The molecule has 36 heavy (non-hydrogen) atoms. The van der Waals surface area contributed by atoms with Crippen LogP contribution < -0.4 is 15.0 Å². The van der Waals surface area contributed by atoms with Crippen molar-refractivity contribution >= 4 is 62.7 Å². The highest BCUT2D eigenvalue weighted by Gasteiger charge is 2.39. The van der Waals surface area contributed by atoms with Crippen molar-refractivity contribution < 1.29 is 28.7 Å². The van der Waals surface area contributed by atoms with E-state index < -0.39 is 23.8 Å². The van der Waals surface area contributed by atoms with Gasteiger partial charge in [0.25, 0.3) is 11.8 Å². The Balaban J connectivity index is 1.45. The van der Waals surface area contributed by atoms with E-state index in [1.807, 2.05) is 0 Å². The van der Waals surface area contributed by atoms with Crippen molar-refractivity contribution in [3.63, 3.8) is 0 Å². The maximum absolute atomic E-state index is 13.0. The van der Waals surface area contributed by atoms with Crippen LogP contribution in [0.3, 0.4) is 0 Å². The molecular weight excluding hydrogens is 552 g/mol. The van der Waals surface area contributed by atoms with Gasteiger partial charge in [0.1, 0.15) is 16.5 Å². The van der Waals surface area contributed by atoms with E-state index in [1.54, 1.807) is 43.3 Å². The second-order valence-corrected chi connectivity index (χ2v) is 8.74. The average molecular weight is 570 g/mol. The third-order valence-electron chi connectivity index (χ3n) is 5.08. The molecule has 0 aliphatic carbocycles. The lowest BCUT2D eigenvalue weighted by Gasteiger charge is -2.15. The molecule has 1 aliphatic rings. The van der Waals surface area contributed by atoms with Crippen LogP contribution >= 0.6 is 27.5 Å². The number of nitrogens with one attached hydrogen (secondary N) is 1. The van der Waals surface area contributed by atoms with Gasteiger partial charge in [0.15, 0.2) is 0 Å². The van der Waals surface area contributed by atoms with Crippen LogP contribution in [0.4, 0.5) is 11.4 Å². The maximum atomic E-state index is 13.0. The number of anilines is 2. The number of rotatable bonds is 7. The van der Waals surface area contributed by atoms with Gasteiger partial charge in [-0.05, 0) is 79.7 Å². The molecule has 0 bridgehead atoms. The number of ether oxygens (including phenoxy) is 2. The molecular formula is C26H18BrClN2O6. The smallest absolute Gasteiger partial charge is 0.343 e. The summed E-state index contributed by atoms with van der Waals surface area (Å²) in [7, 11) is 0. The van der Waals surface area contributed by atoms with Gasteiger partial charge in [0.05, 0.1) is 23.4 Å². The molecule has 0 unspecified atom stereocenters. The molecule has 0 aromatic heterocycles. The summed E-state index contributed by atoms with van der Waals surface area (Å²) in [5.74, 6) is -2.03. The van der Waals surface area contributed by atoms with Gasteiger partial charge in [0, 0.05) is 10.2 Å². The summed E-state index contributed by atoms with van der Waals surface area (Å²) in [5.41, 5.74) is 1.15. The first-order valence-corrected chi connectivity index (χ1v) is 11.9. The number of hydrogen-bond donors (Lipinski definition) is 1. The first-order chi connectivity index (χ1) is 17.3. The van der Waals surface area contributed by atoms with E-state index in [1.165, 1.54) is 36.4 Å². The lowest BCUT2D eigenvalue weighted by molar-refractivity contribution is -0.120. The zero-order valence-electron chi connectivity index (χ0n) is 18.8. The van der Waals surface area contributed by atoms with E-state index in [9.17, 15) is 19.2 Å². The zero-order valence-corrected chi connectivity index (χ0v) is 21.1. The summed E-state index contributed by atoms with van der Waals surface area (Å²) in [4.78, 5) is 50.8. The molecule has 3 aromatic carbocycles. The largest absolute Gasteiger partial charge is 0.462 e. The molecule has 4 rings (SSSR count). The summed E-state index contributed by atoms with van der Waals surface area (Å²) in [6, 6.07) is 18.8. The van der Waals surface area contributed by atoms with Gasteiger partial charge < -0.3 is 14.8 Å². The van der Waals surface area contributed by atoms with Gasteiger partial charge in [0.2, 0.25) is 0 Å². The van der Waals surface area contributed by atoms with Gasteiger partial charge in [-0.3, -0.25) is 9.59 Å². The van der Waals surface area contributed by atoms with E-state index >= 15 is 0 Å². The van der Waals surface area contributed by atoms with E-state index in [-0.39, 0.29) is 28.6 Å². The molecule has 3 aromatic rings. The molecule has 182 valence electrons. The van der Waals surface area contributed by atoms with Gasteiger partial charge in [-0.1, -0.05) is 27.5 Å². The Labute approximate surface area is 219 Å². The summed E-state index contributed by atoms with van der Waals surface area (Å²) < 4.78 is 11.1. The van der Waals surface area contributed by atoms with Crippen LogP contribution in [-0.4, -0.2) is 30.4 Å². The summed E-state index contributed by atoms with van der Waals surface area (Å²) >= 11 is 9.49. The van der Waals surface area contributed by atoms with Crippen LogP contribution in [0.15, 0.2) is 88.0 Å². The maximum Gasteiger partial charge on any atom is 0.343 e. The Morgan fingerprint density at radius 3 is 2.06 bits per heavy atom. The highest BCUT2D eigenvalue weighted by molar-refractivity contribution is 9.10. The molecule has 0 atom stereocenters. The lowest BCUT2D eigenvalue weighted by Crippen LogP contribution is -2.32. The van der Waals surface area contributed by atoms with Crippen LogP contribution in [0.25, 0.3) is 0 Å². The van der Waals surface area contributed by atoms with E-state index in [0.29, 0.717) is 17.0 Å². The molecule has 0 fully saturated rings. The van der Waals surface area contributed by atoms with Crippen LogP contribution in [-0.2, 0) is 14.3 Å². The molecule has 0 saturated heterocycles. The molecule has 0 spiro atoms. The fraction of sp³-hybridized carbons (Fsp3) is 0.0769. The van der Waals surface area contributed by atoms with Crippen molar-refractivity contribution in [2.75, 3.05) is 16.8 Å². The lowest BCUT2D eigenvalue weighted by atomic mass is 10.2. The number of halogens is 2. The number of carbonyl (C=O) groups excluding carboxylic acids is 4. The summed E-state index contributed by atoms with van der Waals surface area (Å²) in [5, 5.41) is 2.56. The molecule has 8 nitrogen and oxygen atoms in total. The molecule has 0 radical (unpaired) electrons. The molecule has 1 aliphatic heterocycles. The number of carbonyl (C=O) groups is 4. The predicted octanol–water partition coefficient (Wildman–Crippen LogP) is 5.28. The summed E-state index contributed by atoms with van der Waals surface area (Å²) in [6.07, 6.45) is 0. The van der Waals surface area contributed by atoms with E-state index in [0.717, 1.165) is 9.37 Å². The summed E-state index contributed by atoms with van der Waals surface area (Å²) in [6.45, 7) is 1.92. The van der Waals surface area contributed by atoms with Crippen molar-refractivity contribution in [1.29, 1.82) is 0 Å². The van der Waals surface area contributed by atoms with E-state index in [4.69, 9.17) is 21.1 Å². The van der Waals surface area contributed by atoms with Gasteiger partial charge in [-0.2, -0.15) is 0 Å². The predicted molar refractivity (Wildman–Crippen MR) is 137 cm³/mol. The fourth-order valence-electron chi connectivity index (χ4n) is 3.31. The van der Waals surface area contributed by atoms with Crippen molar-refractivity contribution in [3.8, 4) is 5.75 Å². The van der Waals surface area contributed by atoms with Gasteiger partial charge in [-0.15, -0.1) is 0 Å². The number of imide groups is 1. The Morgan fingerprint density at radius 2 is 1.44 bits per heavy atom. The minimum absolute atomic E-state index is 0.110. The zero-order chi connectivity index (χ0) is 25.8. The Hall–Kier alpha value is -3.95. The topological polar surface area (TPSA) is 102 Å². The SMILES string of the molecule is CCOC(=O)c1ccc(N2C(=O)C(Cl)=C(Nc3ccc(C(=O)Oc4ccc(Br)cc4)cc3)C2=O)cc1. The van der Waals surface area contributed by atoms with Crippen LogP contribution in [0, 0.1) is 0 Å². The molecule has 1 N–H and O–H groups in total. The Morgan fingerprint density at radius 1 is 0.861 bits per heavy atom. The average Bonchev–Trinajstić information content (AvgIpc) is 3.09. The molecule has 2 amide bonds. The third-order valence-corrected chi connectivity index (χ3v) is 5.96. The number of benzene rings is 3. The van der Waals surface area contributed by atoms with Gasteiger partial charge in [-0.25, -0.2) is 14.5 Å². The second-order valence-electron chi connectivity index (χ2n) is 7.45. The first kappa shape index (κ1) is 25.2. The van der Waals surface area contributed by atoms with E-state index in [2.05, 4.69) is 21.2 Å².